The second-order valence-electron chi connectivity index (χ2n) is 1.04. The Labute approximate surface area is 54.8 Å². The van der Waals surface area contributed by atoms with Gasteiger partial charge in [-0.1, -0.05) is 6.58 Å². The van der Waals surface area contributed by atoms with E-state index in [9.17, 15) is 4.79 Å². The summed E-state index contributed by atoms with van der Waals surface area (Å²) in [7, 11) is 2.36. The molecule has 0 fully saturated rings. The van der Waals surface area contributed by atoms with Gasteiger partial charge in [-0.3, -0.25) is 0 Å². The highest BCUT2D eigenvalue weighted by Crippen LogP contribution is 1.54. The monoisotopic (exact) mass is 149 g/mol. The first-order valence-electron chi connectivity index (χ1n) is 2.12. The molecule has 3 nitrogen and oxygen atoms in total. The SMILES string of the molecule is C=CC(=O)O.[SiH3]N[SiH3]. The van der Waals surface area contributed by atoms with Gasteiger partial charge in [-0.15, -0.1) is 0 Å². The lowest BCUT2D eigenvalue weighted by atomic mass is 10.7. The van der Waals surface area contributed by atoms with E-state index in [4.69, 9.17) is 5.11 Å². The molecule has 2 N–H and O–H groups in total. The predicted molar refractivity (Wildman–Crippen MR) is 40.8 cm³/mol. The summed E-state index contributed by atoms with van der Waals surface area (Å²) >= 11 is 0. The van der Waals surface area contributed by atoms with Crippen molar-refractivity contribution in [2.75, 3.05) is 0 Å². The van der Waals surface area contributed by atoms with Crippen molar-refractivity contribution in [3.63, 3.8) is 0 Å². The normalized spacial score (nSPS) is 7.00. The maximum absolute atomic E-state index is 9.25. The van der Waals surface area contributed by atoms with Crippen LogP contribution < -0.4 is 4.65 Å². The van der Waals surface area contributed by atoms with E-state index >= 15 is 0 Å². The van der Waals surface area contributed by atoms with Crippen LogP contribution in [0.2, 0.25) is 0 Å². The molecule has 5 heteroatoms. The Hall–Kier alpha value is -0.396. The summed E-state index contributed by atoms with van der Waals surface area (Å²) in [6.07, 6.45) is 0.833. The largest absolute Gasteiger partial charge is 0.478 e. The highest BCUT2D eigenvalue weighted by atomic mass is 28.2. The van der Waals surface area contributed by atoms with Crippen molar-refractivity contribution in [2.24, 2.45) is 0 Å². The molecule has 0 unspecified atom stereocenters. The Morgan fingerprint density at radius 2 is 1.88 bits per heavy atom. The van der Waals surface area contributed by atoms with E-state index in [1.54, 1.807) is 0 Å². The average molecular weight is 149 g/mol. The van der Waals surface area contributed by atoms with Crippen LogP contribution in [0.5, 0.6) is 0 Å². The highest BCUT2D eigenvalue weighted by Gasteiger charge is 1.73. The highest BCUT2D eigenvalue weighted by molar-refractivity contribution is 6.25. The molecule has 0 aromatic rings. The minimum atomic E-state index is -0.981. The minimum absolute atomic E-state index is 0.833. The zero-order valence-electron chi connectivity index (χ0n) is 5.14. The summed E-state index contributed by atoms with van der Waals surface area (Å²) < 4.78 is 3.03. The molecular formula is C3H11NO2Si2. The van der Waals surface area contributed by atoms with Gasteiger partial charge in [-0.05, 0) is 0 Å². The molecular weight excluding hydrogens is 138 g/mol. The predicted octanol–water partition coefficient (Wildman–Crippen LogP) is -2.61. The molecule has 0 aliphatic carbocycles. The quantitative estimate of drug-likeness (QED) is 0.317. The second kappa shape index (κ2) is 9.78. The molecule has 0 bridgehead atoms. The molecule has 0 spiro atoms. The smallest absolute Gasteiger partial charge is 0.327 e. The number of carboxylic acids is 1. The van der Waals surface area contributed by atoms with Crippen LogP contribution >= 0.6 is 0 Å². The van der Waals surface area contributed by atoms with Gasteiger partial charge in [0, 0.05) is 6.08 Å². The second-order valence-corrected chi connectivity index (χ2v) is 5.04. The summed E-state index contributed by atoms with van der Waals surface area (Å²) in [5.41, 5.74) is 0. The summed E-state index contributed by atoms with van der Waals surface area (Å²) in [6, 6.07) is 0. The van der Waals surface area contributed by atoms with Gasteiger partial charge in [0.2, 0.25) is 0 Å². The van der Waals surface area contributed by atoms with E-state index in [2.05, 4.69) is 11.2 Å². The first-order chi connectivity index (χ1) is 3.68. The molecule has 8 heavy (non-hydrogen) atoms. The van der Waals surface area contributed by atoms with E-state index in [1.165, 1.54) is 20.8 Å². The van der Waals surface area contributed by atoms with Crippen LogP contribution in [-0.4, -0.2) is 31.9 Å². The Balaban J connectivity index is 0. The van der Waals surface area contributed by atoms with E-state index in [0.29, 0.717) is 0 Å². The van der Waals surface area contributed by atoms with Crippen molar-refractivity contribution < 1.29 is 9.90 Å². The van der Waals surface area contributed by atoms with Crippen molar-refractivity contribution in [2.45, 2.75) is 0 Å². The van der Waals surface area contributed by atoms with Crippen LogP contribution in [0.4, 0.5) is 0 Å². The lowest BCUT2D eigenvalue weighted by Gasteiger charge is -1.64. The topological polar surface area (TPSA) is 49.3 Å². The Morgan fingerprint density at radius 1 is 1.75 bits per heavy atom. The molecule has 0 saturated heterocycles. The number of aliphatic carboxylic acids is 1. The van der Waals surface area contributed by atoms with Crippen LogP contribution in [0.25, 0.3) is 0 Å². The van der Waals surface area contributed by atoms with Crippen molar-refractivity contribution in [3.8, 4) is 0 Å². The molecule has 48 valence electrons. The summed E-state index contributed by atoms with van der Waals surface area (Å²) in [6.45, 7) is 2.96. The van der Waals surface area contributed by atoms with Crippen LogP contribution in [-0.2, 0) is 4.79 Å². The number of carbonyl (C=O) groups is 1. The van der Waals surface area contributed by atoms with E-state index in [1.807, 2.05) is 0 Å². The summed E-state index contributed by atoms with van der Waals surface area (Å²) in [5, 5.41) is 7.60. The van der Waals surface area contributed by atoms with E-state index in [-0.39, 0.29) is 0 Å². The maximum atomic E-state index is 9.25. The third-order valence-electron chi connectivity index (χ3n) is 0.175. The molecule has 0 radical (unpaired) electrons. The fraction of sp³-hybridized carbons (Fsp3) is 0. The average Bonchev–Trinajstić information content (AvgIpc) is 1.69. The van der Waals surface area contributed by atoms with Gasteiger partial charge >= 0.3 is 5.97 Å². The van der Waals surface area contributed by atoms with Crippen LogP contribution in [0.1, 0.15) is 0 Å². The van der Waals surface area contributed by atoms with Crippen LogP contribution in [0, 0.1) is 0 Å². The number of hydrogen-bond donors (Lipinski definition) is 2. The van der Waals surface area contributed by atoms with Gasteiger partial charge in [0.05, 0.1) is 20.8 Å². The molecule has 0 heterocycles. The van der Waals surface area contributed by atoms with Crippen LogP contribution in [0.15, 0.2) is 12.7 Å². The van der Waals surface area contributed by atoms with Gasteiger partial charge in [-0.25, -0.2) is 4.79 Å². The third kappa shape index (κ3) is 46.2. The minimum Gasteiger partial charge on any atom is -0.478 e. The van der Waals surface area contributed by atoms with E-state index < -0.39 is 5.97 Å². The maximum Gasteiger partial charge on any atom is 0.327 e. The molecule has 0 atom stereocenters. The van der Waals surface area contributed by atoms with Crippen molar-refractivity contribution in [1.29, 1.82) is 0 Å². The van der Waals surface area contributed by atoms with Crippen LogP contribution in [0.3, 0.4) is 0 Å². The summed E-state index contributed by atoms with van der Waals surface area (Å²) in [4.78, 5) is 9.25. The zero-order chi connectivity index (χ0) is 6.99. The van der Waals surface area contributed by atoms with E-state index in [0.717, 1.165) is 6.08 Å². The molecule has 0 aromatic carbocycles. The van der Waals surface area contributed by atoms with Crippen molar-refractivity contribution in [1.82, 2.24) is 4.65 Å². The van der Waals surface area contributed by atoms with Crippen molar-refractivity contribution >= 4 is 26.8 Å². The Bertz CT molecular complexity index is 75.7. The molecule has 0 aliphatic heterocycles. The van der Waals surface area contributed by atoms with Gasteiger partial charge < -0.3 is 9.75 Å². The lowest BCUT2D eigenvalue weighted by molar-refractivity contribution is -0.131. The van der Waals surface area contributed by atoms with Gasteiger partial charge in [-0.2, -0.15) is 0 Å². The number of rotatable bonds is 1. The number of carboxylic acid groups (broad SMARTS) is 1. The number of nitrogens with one attached hydrogen (secondary N) is 1. The van der Waals surface area contributed by atoms with Gasteiger partial charge in [0.15, 0.2) is 0 Å². The first kappa shape index (κ1) is 10.6. The molecule has 0 aliphatic rings. The standard InChI is InChI=1S/C3H4O2.H7NSi2/c1-2-3(4)5;2-1-3/h2H,1H2,(H,4,5);1H,2-3H3. The molecule has 0 saturated carbocycles. The molecule has 0 rings (SSSR count). The fourth-order valence-corrected chi connectivity index (χ4v) is 0. The van der Waals surface area contributed by atoms with Gasteiger partial charge in [0.1, 0.15) is 0 Å². The molecule has 0 amide bonds. The van der Waals surface area contributed by atoms with Gasteiger partial charge in [0.25, 0.3) is 0 Å². The lowest BCUT2D eigenvalue weighted by Crippen LogP contribution is -1.97. The van der Waals surface area contributed by atoms with Crippen molar-refractivity contribution in [3.05, 3.63) is 12.7 Å². The number of hydrogen-bond acceptors (Lipinski definition) is 2. The zero-order valence-corrected chi connectivity index (χ0v) is 9.14. The fourth-order valence-electron chi connectivity index (χ4n) is 0. The Kier molecular flexibility index (Phi) is 12.9. The Morgan fingerprint density at radius 3 is 1.88 bits per heavy atom. The first-order valence-corrected chi connectivity index (χ1v) is 4.12. The third-order valence-corrected chi connectivity index (χ3v) is 0.175. The summed E-state index contributed by atoms with van der Waals surface area (Å²) in [5.74, 6) is -0.981. The molecule has 0 aromatic heterocycles.